The molecule has 8 nitrogen and oxygen atoms in total. The zero-order valence-corrected chi connectivity index (χ0v) is 11.8. The third kappa shape index (κ3) is 1.89. The summed E-state index contributed by atoms with van der Waals surface area (Å²) in [5, 5.41) is 7.57. The van der Waals surface area contributed by atoms with Gasteiger partial charge in [-0.3, -0.25) is 14.9 Å². The van der Waals surface area contributed by atoms with Crippen LogP contribution in [0.15, 0.2) is 36.8 Å². The maximum Gasteiger partial charge on any atom is 0.269 e. The van der Waals surface area contributed by atoms with Gasteiger partial charge in [0.2, 0.25) is 0 Å². The molecular weight excluding hydrogens is 294 g/mol. The fourth-order valence-corrected chi connectivity index (χ4v) is 2.64. The lowest BCUT2D eigenvalue weighted by atomic mass is 9.99. The normalized spacial score (nSPS) is 11.1. The SMILES string of the molecule is NC(=O)c1nc2cccnc2c(-c2ccnc3[nH]ncc23)c1N. The van der Waals surface area contributed by atoms with Gasteiger partial charge < -0.3 is 11.5 Å². The lowest BCUT2D eigenvalue weighted by Gasteiger charge is -2.12. The molecule has 0 aliphatic carbocycles. The standard InChI is InChI=1S/C15H11N7O/c16-11-10(7-3-5-19-15-8(7)6-20-22-15)12-9(2-1-4-18-12)21-13(11)14(17)23/h1-6H,16H2,(H2,17,23)(H,19,20,22). The van der Waals surface area contributed by atoms with Crippen molar-refractivity contribution >= 4 is 33.7 Å². The van der Waals surface area contributed by atoms with Crippen molar-refractivity contribution < 1.29 is 4.79 Å². The van der Waals surface area contributed by atoms with E-state index in [9.17, 15) is 4.79 Å². The van der Waals surface area contributed by atoms with Crippen LogP contribution in [0.25, 0.3) is 33.2 Å². The van der Waals surface area contributed by atoms with Gasteiger partial charge in [0.1, 0.15) is 0 Å². The molecule has 4 aromatic rings. The molecular formula is C15H11N7O. The predicted octanol–water partition coefficient (Wildman–Crippen LogP) is 1.25. The zero-order chi connectivity index (χ0) is 16.0. The van der Waals surface area contributed by atoms with Crippen molar-refractivity contribution in [3.05, 3.63) is 42.5 Å². The van der Waals surface area contributed by atoms with Gasteiger partial charge in [0.15, 0.2) is 11.3 Å². The van der Waals surface area contributed by atoms with Gasteiger partial charge in [0.05, 0.1) is 22.9 Å². The topological polar surface area (TPSA) is 136 Å². The number of rotatable bonds is 2. The Morgan fingerprint density at radius 2 is 2.04 bits per heavy atom. The minimum absolute atomic E-state index is 0.0222. The molecule has 0 unspecified atom stereocenters. The average molecular weight is 305 g/mol. The zero-order valence-electron chi connectivity index (χ0n) is 11.8. The minimum atomic E-state index is -0.688. The van der Waals surface area contributed by atoms with Gasteiger partial charge >= 0.3 is 0 Å². The Morgan fingerprint density at radius 3 is 2.87 bits per heavy atom. The number of fused-ring (bicyclic) bond motifs is 2. The molecule has 0 radical (unpaired) electrons. The number of hydrogen-bond acceptors (Lipinski definition) is 6. The van der Waals surface area contributed by atoms with E-state index in [-0.39, 0.29) is 11.4 Å². The molecule has 4 heterocycles. The molecule has 112 valence electrons. The fourth-order valence-electron chi connectivity index (χ4n) is 2.64. The number of nitrogens with one attached hydrogen (secondary N) is 1. The first-order valence-corrected chi connectivity index (χ1v) is 6.79. The highest BCUT2D eigenvalue weighted by Crippen LogP contribution is 2.36. The maximum absolute atomic E-state index is 11.7. The third-order valence-electron chi connectivity index (χ3n) is 3.64. The summed E-state index contributed by atoms with van der Waals surface area (Å²) in [5.74, 6) is -0.688. The van der Waals surface area contributed by atoms with Gasteiger partial charge in [-0.05, 0) is 18.2 Å². The Kier molecular flexibility index (Phi) is 2.70. The van der Waals surface area contributed by atoms with Crippen molar-refractivity contribution in [1.29, 1.82) is 0 Å². The summed E-state index contributed by atoms with van der Waals surface area (Å²) in [5.41, 5.74) is 14.9. The molecule has 8 heteroatoms. The molecule has 0 saturated heterocycles. The molecule has 0 aliphatic heterocycles. The Bertz CT molecular complexity index is 1070. The van der Waals surface area contributed by atoms with Crippen molar-refractivity contribution in [2.45, 2.75) is 0 Å². The second-order valence-electron chi connectivity index (χ2n) is 4.98. The average Bonchev–Trinajstić information content (AvgIpc) is 3.03. The van der Waals surface area contributed by atoms with Gasteiger partial charge in [-0.1, -0.05) is 0 Å². The molecule has 0 saturated carbocycles. The van der Waals surface area contributed by atoms with E-state index in [0.717, 1.165) is 10.9 Å². The first kappa shape index (κ1) is 13.1. The number of aromatic amines is 1. The number of nitrogens with two attached hydrogens (primary N) is 2. The number of H-pyrrole nitrogens is 1. The Morgan fingerprint density at radius 1 is 1.17 bits per heavy atom. The van der Waals surface area contributed by atoms with E-state index in [1.807, 2.05) is 0 Å². The summed E-state index contributed by atoms with van der Waals surface area (Å²) in [6, 6.07) is 5.29. The predicted molar refractivity (Wildman–Crippen MR) is 85.4 cm³/mol. The van der Waals surface area contributed by atoms with Crippen molar-refractivity contribution in [1.82, 2.24) is 25.1 Å². The summed E-state index contributed by atoms with van der Waals surface area (Å²) in [6.45, 7) is 0. The van der Waals surface area contributed by atoms with Gasteiger partial charge in [-0.15, -0.1) is 0 Å². The highest BCUT2D eigenvalue weighted by molar-refractivity contribution is 6.10. The summed E-state index contributed by atoms with van der Waals surface area (Å²) in [7, 11) is 0. The fraction of sp³-hybridized carbons (Fsp3) is 0. The van der Waals surface area contributed by atoms with Crippen LogP contribution in [-0.4, -0.2) is 31.1 Å². The first-order chi connectivity index (χ1) is 11.2. The number of aromatic nitrogens is 5. The number of carbonyl (C=O) groups excluding carboxylic acids is 1. The minimum Gasteiger partial charge on any atom is -0.396 e. The van der Waals surface area contributed by atoms with E-state index < -0.39 is 5.91 Å². The second-order valence-corrected chi connectivity index (χ2v) is 4.98. The number of nitrogens with zero attached hydrogens (tertiary/aromatic N) is 4. The Hall–Kier alpha value is -3.55. The molecule has 0 bridgehead atoms. The number of primary amides is 1. The van der Waals surface area contributed by atoms with E-state index in [0.29, 0.717) is 22.2 Å². The van der Waals surface area contributed by atoms with Gasteiger partial charge in [0, 0.05) is 28.9 Å². The highest BCUT2D eigenvalue weighted by atomic mass is 16.1. The second kappa shape index (κ2) is 4.73. The molecule has 0 aromatic carbocycles. The molecule has 1 amide bonds. The summed E-state index contributed by atoms with van der Waals surface area (Å²) in [6.07, 6.45) is 4.93. The van der Waals surface area contributed by atoms with Crippen LogP contribution < -0.4 is 11.5 Å². The van der Waals surface area contributed by atoms with Crippen LogP contribution in [0, 0.1) is 0 Å². The quantitative estimate of drug-likeness (QED) is 0.509. The molecule has 4 rings (SSSR count). The monoisotopic (exact) mass is 305 g/mol. The summed E-state index contributed by atoms with van der Waals surface area (Å²) >= 11 is 0. The Balaban J connectivity index is 2.20. The van der Waals surface area contributed by atoms with E-state index in [4.69, 9.17) is 11.5 Å². The van der Waals surface area contributed by atoms with Crippen molar-refractivity contribution in [2.24, 2.45) is 5.73 Å². The highest BCUT2D eigenvalue weighted by Gasteiger charge is 2.20. The van der Waals surface area contributed by atoms with Gasteiger partial charge in [-0.25, -0.2) is 9.97 Å². The summed E-state index contributed by atoms with van der Waals surface area (Å²) < 4.78 is 0. The van der Waals surface area contributed by atoms with Crippen LogP contribution in [0.2, 0.25) is 0 Å². The molecule has 0 aliphatic rings. The largest absolute Gasteiger partial charge is 0.396 e. The van der Waals surface area contributed by atoms with Crippen LogP contribution in [0.5, 0.6) is 0 Å². The number of pyridine rings is 3. The van der Waals surface area contributed by atoms with Crippen LogP contribution in [0.4, 0.5) is 5.69 Å². The number of nitrogen functional groups attached to an aromatic ring is 1. The lowest BCUT2D eigenvalue weighted by Crippen LogP contribution is -2.16. The molecule has 4 aromatic heterocycles. The molecule has 0 atom stereocenters. The molecule has 0 fully saturated rings. The third-order valence-corrected chi connectivity index (χ3v) is 3.64. The Labute approximate surface area is 129 Å². The van der Waals surface area contributed by atoms with E-state index in [2.05, 4.69) is 25.1 Å². The van der Waals surface area contributed by atoms with Crippen LogP contribution in [-0.2, 0) is 0 Å². The van der Waals surface area contributed by atoms with Crippen LogP contribution in [0.3, 0.4) is 0 Å². The molecule has 0 spiro atoms. The van der Waals surface area contributed by atoms with Crippen molar-refractivity contribution in [2.75, 3.05) is 5.73 Å². The smallest absolute Gasteiger partial charge is 0.269 e. The van der Waals surface area contributed by atoms with E-state index in [1.165, 1.54) is 0 Å². The van der Waals surface area contributed by atoms with Gasteiger partial charge in [0.25, 0.3) is 5.91 Å². The molecule has 5 N–H and O–H groups in total. The number of amides is 1. The molecule has 23 heavy (non-hydrogen) atoms. The first-order valence-electron chi connectivity index (χ1n) is 6.79. The van der Waals surface area contributed by atoms with Crippen LogP contribution >= 0.6 is 0 Å². The van der Waals surface area contributed by atoms with E-state index in [1.54, 1.807) is 36.8 Å². The number of hydrogen-bond donors (Lipinski definition) is 3. The van der Waals surface area contributed by atoms with E-state index >= 15 is 0 Å². The number of carbonyl (C=O) groups is 1. The van der Waals surface area contributed by atoms with Crippen molar-refractivity contribution in [3.63, 3.8) is 0 Å². The van der Waals surface area contributed by atoms with Crippen LogP contribution in [0.1, 0.15) is 10.5 Å². The maximum atomic E-state index is 11.7. The van der Waals surface area contributed by atoms with Gasteiger partial charge in [-0.2, -0.15) is 5.10 Å². The van der Waals surface area contributed by atoms with Crippen molar-refractivity contribution in [3.8, 4) is 11.1 Å². The number of anilines is 1. The lowest BCUT2D eigenvalue weighted by molar-refractivity contribution is 0.0997. The summed E-state index contributed by atoms with van der Waals surface area (Å²) in [4.78, 5) is 24.5.